The maximum absolute atomic E-state index is 12.6. The number of rotatable bonds is 4. The smallest absolute Gasteiger partial charge is 0.325 e. The lowest BCUT2D eigenvalue weighted by Crippen LogP contribution is -2.52. The fraction of sp³-hybridized carbons (Fsp3) is 0.688. The van der Waals surface area contributed by atoms with Crippen molar-refractivity contribution < 1.29 is 17.9 Å². The van der Waals surface area contributed by atoms with Crippen molar-refractivity contribution in [3.8, 4) is 0 Å². The van der Waals surface area contributed by atoms with Crippen LogP contribution in [0.2, 0.25) is 0 Å². The Balaban J connectivity index is 1.71. The van der Waals surface area contributed by atoms with Gasteiger partial charge in [0.15, 0.2) is 5.25 Å². The van der Waals surface area contributed by atoms with Gasteiger partial charge in [0, 0.05) is 50.3 Å². The van der Waals surface area contributed by atoms with Crippen LogP contribution in [-0.2, 0) is 19.6 Å². The fourth-order valence-corrected chi connectivity index (χ4v) is 4.83. The summed E-state index contributed by atoms with van der Waals surface area (Å²) in [7, 11) is -3.65. The van der Waals surface area contributed by atoms with Crippen LogP contribution in [0.15, 0.2) is 6.07 Å². The van der Waals surface area contributed by atoms with Crippen molar-refractivity contribution in [1.82, 2.24) is 14.3 Å². The van der Waals surface area contributed by atoms with Crippen LogP contribution in [0.5, 0.6) is 0 Å². The number of carbonyl (C=O) groups excluding carboxylic acids is 1. The minimum absolute atomic E-state index is 0.181. The van der Waals surface area contributed by atoms with Crippen molar-refractivity contribution in [3.05, 3.63) is 17.6 Å². The number of sulfonamides is 1. The second-order valence-electron chi connectivity index (χ2n) is 6.76. The van der Waals surface area contributed by atoms with Gasteiger partial charge in [-0.3, -0.25) is 4.79 Å². The molecule has 2 fully saturated rings. The number of esters is 1. The predicted molar refractivity (Wildman–Crippen MR) is 92.9 cm³/mol. The third-order valence-electron chi connectivity index (χ3n) is 4.54. The van der Waals surface area contributed by atoms with E-state index in [1.165, 1.54) is 4.31 Å². The van der Waals surface area contributed by atoms with Crippen LogP contribution in [0.4, 0.5) is 5.82 Å². The Kier molecular flexibility index (Phi) is 4.97. The molecule has 2 saturated heterocycles. The number of hydrogen-bond donors (Lipinski definition) is 0. The predicted octanol–water partition coefficient (Wildman–Crippen LogP) is 0.676. The number of ether oxygens (including phenoxy) is 1. The quantitative estimate of drug-likeness (QED) is 0.721. The molecule has 9 heteroatoms. The lowest BCUT2D eigenvalue weighted by atomic mass is 10.2. The van der Waals surface area contributed by atoms with Gasteiger partial charge in [0.25, 0.3) is 0 Å². The summed E-state index contributed by atoms with van der Waals surface area (Å²) in [5, 5.41) is -1.05. The average molecular weight is 368 g/mol. The highest BCUT2D eigenvalue weighted by Gasteiger charge is 2.42. The molecule has 0 aromatic carbocycles. The first-order valence-corrected chi connectivity index (χ1v) is 10.1. The van der Waals surface area contributed by atoms with Gasteiger partial charge in [-0.2, -0.15) is 4.31 Å². The molecule has 0 N–H and O–H groups in total. The van der Waals surface area contributed by atoms with Gasteiger partial charge in [-0.05, 0) is 6.92 Å². The summed E-state index contributed by atoms with van der Waals surface area (Å²) in [5.41, 5.74) is 0.900. The van der Waals surface area contributed by atoms with Crippen molar-refractivity contribution >= 4 is 21.8 Å². The minimum Gasteiger partial charge on any atom is -0.465 e. The second-order valence-corrected chi connectivity index (χ2v) is 8.87. The monoisotopic (exact) mass is 368 g/mol. The number of aromatic nitrogens is 2. The molecule has 2 aliphatic rings. The Morgan fingerprint density at radius 1 is 1.20 bits per heavy atom. The molecule has 2 aliphatic heterocycles. The normalized spacial score (nSPS) is 22.5. The molecule has 0 spiro atoms. The zero-order chi connectivity index (χ0) is 18.2. The standard InChI is InChI=1S/C16H24N4O4S/c1-11(2)15-17-12(3)10-14(18-15)19-5-7-20(8-6-19)25(22,23)13-4-9-24-16(13)21/h10-11,13H,4-9H2,1-3H3. The SMILES string of the molecule is Cc1cc(N2CCN(S(=O)(=O)C3CCOC3=O)CC2)nc(C(C)C)n1. The fourth-order valence-electron chi connectivity index (χ4n) is 3.09. The molecule has 0 radical (unpaired) electrons. The first-order chi connectivity index (χ1) is 11.8. The lowest BCUT2D eigenvalue weighted by molar-refractivity contribution is -0.137. The van der Waals surface area contributed by atoms with Crippen LogP contribution in [0.25, 0.3) is 0 Å². The van der Waals surface area contributed by atoms with Crippen molar-refractivity contribution in [2.75, 3.05) is 37.7 Å². The second kappa shape index (κ2) is 6.87. The Morgan fingerprint density at radius 3 is 2.44 bits per heavy atom. The van der Waals surface area contributed by atoms with Crippen molar-refractivity contribution in [1.29, 1.82) is 0 Å². The maximum atomic E-state index is 12.6. The maximum Gasteiger partial charge on any atom is 0.325 e. The summed E-state index contributed by atoms with van der Waals surface area (Å²) >= 11 is 0. The van der Waals surface area contributed by atoms with Crippen molar-refractivity contribution in [2.24, 2.45) is 0 Å². The van der Waals surface area contributed by atoms with Gasteiger partial charge in [-0.1, -0.05) is 13.8 Å². The zero-order valence-electron chi connectivity index (χ0n) is 14.8. The molecule has 1 unspecified atom stereocenters. The molecule has 138 valence electrons. The highest BCUT2D eigenvalue weighted by molar-refractivity contribution is 7.90. The summed E-state index contributed by atoms with van der Waals surface area (Å²) in [6.07, 6.45) is 0.240. The van der Waals surface area contributed by atoms with Crippen LogP contribution in [0.3, 0.4) is 0 Å². The molecule has 0 aliphatic carbocycles. The summed E-state index contributed by atoms with van der Waals surface area (Å²) < 4.78 is 31.5. The van der Waals surface area contributed by atoms with Gasteiger partial charge in [0.1, 0.15) is 11.6 Å². The van der Waals surface area contributed by atoms with Gasteiger partial charge in [0.2, 0.25) is 10.0 Å². The Bertz CT molecular complexity index is 757. The van der Waals surface area contributed by atoms with Gasteiger partial charge in [-0.15, -0.1) is 0 Å². The van der Waals surface area contributed by atoms with Gasteiger partial charge in [-0.25, -0.2) is 18.4 Å². The topological polar surface area (TPSA) is 92.7 Å². The van der Waals surface area contributed by atoms with E-state index in [2.05, 4.69) is 14.9 Å². The molecule has 0 saturated carbocycles. The van der Waals surface area contributed by atoms with E-state index in [0.717, 1.165) is 17.3 Å². The Labute approximate surface area is 148 Å². The van der Waals surface area contributed by atoms with E-state index in [1.54, 1.807) is 0 Å². The summed E-state index contributed by atoms with van der Waals surface area (Å²) in [4.78, 5) is 22.8. The average Bonchev–Trinajstić information content (AvgIpc) is 3.01. The molecule has 1 aromatic heterocycles. The van der Waals surface area contributed by atoms with Gasteiger partial charge >= 0.3 is 5.97 Å². The largest absolute Gasteiger partial charge is 0.465 e. The molecule has 25 heavy (non-hydrogen) atoms. The van der Waals surface area contributed by atoms with Crippen LogP contribution < -0.4 is 4.90 Å². The first-order valence-electron chi connectivity index (χ1n) is 8.55. The van der Waals surface area contributed by atoms with E-state index in [9.17, 15) is 13.2 Å². The summed E-state index contributed by atoms with van der Waals surface area (Å²) in [6, 6.07) is 1.92. The number of cyclic esters (lactones) is 1. The molecular weight excluding hydrogens is 344 g/mol. The molecule has 1 aromatic rings. The van der Waals surface area contributed by atoms with E-state index in [1.807, 2.05) is 26.8 Å². The number of aryl methyl sites for hydroxylation is 1. The van der Waals surface area contributed by atoms with E-state index < -0.39 is 21.2 Å². The van der Waals surface area contributed by atoms with E-state index >= 15 is 0 Å². The number of carbonyl (C=O) groups is 1. The van der Waals surface area contributed by atoms with Crippen molar-refractivity contribution in [3.63, 3.8) is 0 Å². The van der Waals surface area contributed by atoms with Gasteiger partial charge < -0.3 is 9.64 Å². The zero-order valence-corrected chi connectivity index (χ0v) is 15.6. The lowest BCUT2D eigenvalue weighted by Gasteiger charge is -2.35. The molecule has 0 bridgehead atoms. The van der Waals surface area contributed by atoms with Crippen LogP contribution in [0.1, 0.15) is 37.7 Å². The Hall–Kier alpha value is -1.74. The van der Waals surface area contributed by atoms with Gasteiger partial charge in [0.05, 0.1) is 6.61 Å². The van der Waals surface area contributed by atoms with Crippen molar-refractivity contribution in [2.45, 2.75) is 38.4 Å². The molecule has 3 rings (SSSR count). The molecule has 8 nitrogen and oxygen atoms in total. The highest BCUT2D eigenvalue weighted by atomic mass is 32.2. The van der Waals surface area contributed by atoms with Crippen LogP contribution in [-0.4, -0.2) is 66.7 Å². The highest BCUT2D eigenvalue weighted by Crippen LogP contribution is 2.23. The Morgan fingerprint density at radius 2 is 1.88 bits per heavy atom. The first kappa shape index (κ1) is 18.1. The summed E-state index contributed by atoms with van der Waals surface area (Å²) in [6.45, 7) is 7.96. The molecule has 1 atom stereocenters. The molecule has 0 amide bonds. The molecular formula is C16H24N4O4S. The number of hydrogen-bond acceptors (Lipinski definition) is 7. The number of anilines is 1. The number of nitrogens with zero attached hydrogens (tertiary/aromatic N) is 4. The van der Waals surface area contributed by atoms with E-state index in [4.69, 9.17) is 4.74 Å². The van der Waals surface area contributed by atoms with E-state index in [-0.39, 0.29) is 18.9 Å². The third kappa shape index (κ3) is 3.62. The van der Waals surface area contributed by atoms with E-state index in [0.29, 0.717) is 26.2 Å². The number of piperazine rings is 1. The third-order valence-corrected chi connectivity index (χ3v) is 6.78. The minimum atomic E-state index is -3.65. The molecule has 3 heterocycles. The van der Waals surface area contributed by atoms with Crippen LogP contribution in [0, 0.1) is 6.92 Å². The summed E-state index contributed by atoms with van der Waals surface area (Å²) in [5.74, 6) is 1.22. The van der Waals surface area contributed by atoms with Crippen LogP contribution >= 0.6 is 0 Å².